The van der Waals surface area contributed by atoms with Gasteiger partial charge in [-0.2, -0.15) is 4.98 Å². The topological polar surface area (TPSA) is 78.1 Å². The number of carbonyl (C=O) groups excluding carboxylic acids is 1. The predicted octanol–water partition coefficient (Wildman–Crippen LogP) is 6.35. The Morgan fingerprint density at radius 2 is 2.03 bits per heavy atom. The maximum atomic E-state index is 12.5. The third-order valence-electron chi connectivity index (χ3n) is 5.50. The van der Waals surface area contributed by atoms with E-state index in [9.17, 15) is 4.79 Å². The van der Waals surface area contributed by atoms with E-state index in [1.54, 1.807) is 18.3 Å². The Morgan fingerprint density at radius 1 is 1.27 bits per heavy atom. The van der Waals surface area contributed by atoms with Gasteiger partial charge in [0.2, 0.25) is 11.7 Å². The SMILES string of the molecule is CC(C)(C)OC(=O)C[C@@H](CCCC1CCCCC1)c1nc(-c2ccc(Cl)nc2)no1. The van der Waals surface area contributed by atoms with Gasteiger partial charge in [0.25, 0.3) is 0 Å². The van der Waals surface area contributed by atoms with Gasteiger partial charge in [0.05, 0.1) is 6.42 Å². The number of ether oxygens (including phenoxy) is 1. The first-order valence-corrected chi connectivity index (χ1v) is 11.4. The Morgan fingerprint density at radius 3 is 2.70 bits per heavy atom. The second-order valence-electron chi connectivity index (χ2n) is 9.25. The van der Waals surface area contributed by atoms with Crippen LogP contribution in [0.5, 0.6) is 0 Å². The Labute approximate surface area is 183 Å². The lowest BCUT2D eigenvalue weighted by Crippen LogP contribution is -2.25. The van der Waals surface area contributed by atoms with Crippen LogP contribution in [0, 0.1) is 5.92 Å². The zero-order valence-corrected chi connectivity index (χ0v) is 19.0. The molecule has 0 radical (unpaired) electrons. The van der Waals surface area contributed by atoms with Crippen LogP contribution in [0.2, 0.25) is 5.15 Å². The third kappa shape index (κ3) is 7.08. The monoisotopic (exact) mass is 433 g/mol. The summed E-state index contributed by atoms with van der Waals surface area (Å²) in [6, 6.07) is 3.49. The van der Waals surface area contributed by atoms with E-state index < -0.39 is 5.60 Å². The van der Waals surface area contributed by atoms with Crippen molar-refractivity contribution in [3.05, 3.63) is 29.4 Å². The normalized spacial score (nSPS) is 16.4. The summed E-state index contributed by atoms with van der Waals surface area (Å²) in [6.45, 7) is 5.63. The molecule has 0 aliphatic heterocycles. The highest BCUT2D eigenvalue weighted by Gasteiger charge is 2.26. The van der Waals surface area contributed by atoms with Crippen LogP contribution in [-0.4, -0.2) is 26.7 Å². The van der Waals surface area contributed by atoms with Crippen molar-refractivity contribution in [2.24, 2.45) is 5.92 Å². The van der Waals surface area contributed by atoms with Crippen molar-refractivity contribution in [2.75, 3.05) is 0 Å². The molecule has 2 aromatic rings. The van der Waals surface area contributed by atoms with Crippen LogP contribution >= 0.6 is 11.6 Å². The standard InChI is InChI=1S/C23H32ClN3O3/c1-23(2,3)29-20(28)14-17(11-7-10-16-8-5-4-6-9-16)22-26-21(27-30-22)18-12-13-19(24)25-15-18/h12-13,15-17H,4-11,14H2,1-3H3/t17-/m1/s1. The summed E-state index contributed by atoms with van der Waals surface area (Å²) in [7, 11) is 0. The molecule has 0 amide bonds. The molecule has 1 saturated carbocycles. The van der Waals surface area contributed by atoms with E-state index in [0.717, 1.165) is 24.3 Å². The van der Waals surface area contributed by atoms with Gasteiger partial charge in [-0.05, 0) is 45.2 Å². The molecule has 0 bridgehead atoms. The zero-order valence-electron chi connectivity index (χ0n) is 18.2. The molecule has 2 heterocycles. The van der Waals surface area contributed by atoms with E-state index in [2.05, 4.69) is 15.1 Å². The van der Waals surface area contributed by atoms with E-state index in [0.29, 0.717) is 16.9 Å². The average Bonchev–Trinajstić information content (AvgIpc) is 3.17. The van der Waals surface area contributed by atoms with Crippen LogP contribution in [0.4, 0.5) is 0 Å². The Bertz CT molecular complexity index is 808. The number of esters is 1. The molecular formula is C23H32ClN3O3. The number of aromatic nitrogens is 3. The number of halogens is 1. The second-order valence-corrected chi connectivity index (χ2v) is 9.64. The molecule has 164 valence electrons. The van der Waals surface area contributed by atoms with Crippen molar-refractivity contribution in [3.63, 3.8) is 0 Å². The highest BCUT2D eigenvalue weighted by atomic mass is 35.5. The van der Waals surface area contributed by atoms with Gasteiger partial charge in [-0.1, -0.05) is 61.7 Å². The zero-order chi connectivity index (χ0) is 21.6. The summed E-state index contributed by atoms with van der Waals surface area (Å²) in [6.07, 6.45) is 11.6. The largest absolute Gasteiger partial charge is 0.460 e. The van der Waals surface area contributed by atoms with Crippen LogP contribution in [0.3, 0.4) is 0 Å². The van der Waals surface area contributed by atoms with Crippen molar-refractivity contribution >= 4 is 17.6 Å². The molecule has 1 aliphatic carbocycles. The highest BCUT2D eigenvalue weighted by molar-refractivity contribution is 6.29. The minimum Gasteiger partial charge on any atom is -0.460 e. The fraction of sp³-hybridized carbons (Fsp3) is 0.652. The summed E-state index contributed by atoms with van der Waals surface area (Å²) in [5.41, 5.74) is 0.214. The molecule has 1 aliphatic rings. The quantitative estimate of drug-likeness (QED) is 0.356. The van der Waals surface area contributed by atoms with Gasteiger partial charge in [0.1, 0.15) is 10.8 Å². The number of rotatable bonds is 8. The third-order valence-corrected chi connectivity index (χ3v) is 5.72. The van der Waals surface area contributed by atoms with E-state index in [-0.39, 0.29) is 18.3 Å². The fourth-order valence-corrected chi connectivity index (χ4v) is 4.16. The van der Waals surface area contributed by atoms with Crippen molar-refractivity contribution in [1.29, 1.82) is 0 Å². The van der Waals surface area contributed by atoms with E-state index in [1.807, 2.05) is 20.8 Å². The fourth-order valence-electron chi connectivity index (χ4n) is 4.05. The van der Waals surface area contributed by atoms with Crippen molar-refractivity contribution in [1.82, 2.24) is 15.1 Å². The first-order valence-electron chi connectivity index (χ1n) is 11.0. The maximum absolute atomic E-state index is 12.5. The van der Waals surface area contributed by atoms with Crippen molar-refractivity contribution < 1.29 is 14.1 Å². The molecule has 1 atom stereocenters. The summed E-state index contributed by atoms with van der Waals surface area (Å²) in [5, 5.41) is 4.51. The molecule has 1 fully saturated rings. The van der Waals surface area contributed by atoms with Gasteiger partial charge in [-0.25, -0.2) is 4.98 Å². The van der Waals surface area contributed by atoms with Crippen molar-refractivity contribution in [2.45, 2.75) is 90.1 Å². The van der Waals surface area contributed by atoms with Gasteiger partial charge < -0.3 is 9.26 Å². The Hall–Kier alpha value is -1.95. The van der Waals surface area contributed by atoms with Gasteiger partial charge >= 0.3 is 5.97 Å². The molecule has 6 nitrogen and oxygen atoms in total. The minimum absolute atomic E-state index is 0.148. The lowest BCUT2D eigenvalue weighted by atomic mass is 9.84. The molecule has 0 unspecified atom stereocenters. The summed E-state index contributed by atoms with van der Waals surface area (Å²) in [5.74, 6) is 1.35. The highest BCUT2D eigenvalue weighted by Crippen LogP contribution is 2.32. The first kappa shape index (κ1) is 22.7. The van der Waals surface area contributed by atoms with Crippen LogP contribution < -0.4 is 0 Å². The first-order chi connectivity index (χ1) is 14.3. The molecule has 0 N–H and O–H groups in total. The molecular weight excluding hydrogens is 402 g/mol. The Balaban J connectivity index is 1.67. The van der Waals surface area contributed by atoms with Gasteiger partial charge in [0, 0.05) is 17.7 Å². The number of hydrogen-bond acceptors (Lipinski definition) is 6. The van der Waals surface area contributed by atoms with Crippen LogP contribution in [0.1, 0.15) is 90.4 Å². The molecule has 3 rings (SSSR count). The molecule has 30 heavy (non-hydrogen) atoms. The maximum Gasteiger partial charge on any atom is 0.307 e. The lowest BCUT2D eigenvalue weighted by Gasteiger charge is -2.23. The molecule has 7 heteroatoms. The smallest absolute Gasteiger partial charge is 0.307 e. The van der Waals surface area contributed by atoms with Gasteiger partial charge in [-0.3, -0.25) is 4.79 Å². The van der Waals surface area contributed by atoms with Gasteiger partial charge in [0.15, 0.2) is 0 Å². The van der Waals surface area contributed by atoms with Crippen LogP contribution in [0.25, 0.3) is 11.4 Å². The van der Waals surface area contributed by atoms with E-state index in [4.69, 9.17) is 20.9 Å². The van der Waals surface area contributed by atoms with Crippen molar-refractivity contribution in [3.8, 4) is 11.4 Å². The number of nitrogens with zero attached hydrogens (tertiary/aromatic N) is 3. The van der Waals surface area contributed by atoms with E-state index >= 15 is 0 Å². The van der Waals surface area contributed by atoms with Crippen LogP contribution in [0.15, 0.2) is 22.9 Å². The number of carbonyl (C=O) groups is 1. The molecule has 0 spiro atoms. The average molecular weight is 434 g/mol. The number of hydrogen-bond donors (Lipinski definition) is 0. The van der Waals surface area contributed by atoms with E-state index in [1.165, 1.54) is 38.5 Å². The molecule has 0 aromatic carbocycles. The summed E-state index contributed by atoms with van der Waals surface area (Å²) < 4.78 is 11.1. The predicted molar refractivity (Wildman–Crippen MR) is 116 cm³/mol. The van der Waals surface area contributed by atoms with Gasteiger partial charge in [-0.15, -0.1) is 0 Å². The number of pyridine rings is 1. The lowest BCUT2D eigenvalue weighted by molar-refractivity contribution is -0.155. The summed E-state index contributed by atoms with van der Waals surface area (Å²) >= 11 is 5.86. The second kappa shape index (κ2) is 10.4. The molecule has 0 saturated heterocycles. The minimum atomic E-state index is -0.515. The Kier molecular flexibility index (Phi) is 7.87. The summed E-state index contributed by atoms with van der Waals surface area (Å²) in [4.78, 5) is 21.1. The van der Waals surface area contributed by atoms with Crippen LogP contribution in [-0.2, 0) is 9.53 Å². The molecule has 2 aromatic heterocycles.